The molecule has 0 aliphatic heterocycles. The molecule has 3 aromatic rings. The Balaban J connectivity index is 2.10. The maximum Gasteiger partial charge on any atom is 0.270 e. The highest BCUT2D eigenvalue weighted by atomic mass is 35.5. The molecule has 0 saturated heterocycles. The van der Waals surface area contributed by atoms with E-state index in [1.807, 2.05) is 56.3 Å². The molecule has 0 radical (unpaired) electrons. The Morgan fingerprint density at radius 2 is 1.85 bits per heavy atom. The van der Waals surface area contributed by atoms with Crippen LogP contribution in [-0.4, -0.2) is 28.8 Å². The van der Waals surface area contributed by atoms with Gasteiger partial charge in [0.1, 0.15) is 11.4 Å². The fourth-order valence-electron chi connectivity index (χ4n) is 2.59. The summed E-state index contributed by atoms with van der Waals surface area (Å²) in [7, 11) is 1.62. The van der Waals surface area contributed by atoms with Crippen LogP contribution in [0.15, 0.2) is 54.6 Å². The van der Waals surface area contributed by atoms with Gasteiger partial charge in [0.05, 0.1) is 23.5 Å². The molecule has 1 heterocycles. The molecule has 5 nitrogen and oxygen atoms in total. The van der Waals surface area contributed by atoms with Gasteiger partial charge in [0.25, 0.3) is 5.91 Å². The summed E-state index contributed by atoms with van der Waals surface area (Å²) in [6.45, 7) is 3.83. The normalized spacial score (nSPS) is 10.8. The van der Waals surface area contributed by atoms with E-state index in [-0.39, 0.29) is 11.9 Å². The lowest BCUT2D eigenvalue weighted by Gasteiger charge is -2.11. The van der Waals surface area contributed by atoms with Gasteiger partial charge in [0.15, 0.2) is 0 Å². The number of rotatable bonds is 5. The standard InChI is InChI=1S/C20H20ClN3O2/c1-13(2)22-20(25)19-12-17(14-8-10-15(26-3)11-9-14)23-24(19)18-7-5-4-6-16(18)21/h4-13H,1-3H3,(H,22,25). The summed E-state index contributed by atoms with van der Waals surface area (Å²) in [4.78, 5) is 12.7. The van der Waals surface area contributed by atoms with Crippen molar-refractivity contribution in [2.45, 2.75) is 19.9 Å². The summed E-state index contributed by atoms with van der Waals surface area (Å²) in [5.74, 6) is 0.559. The molecule has 134 valence electrons. The van der Waals surface area contributed by atoms with Gasteiger partial charge in [-0.3, -0.25) is 4.79 Å². The van der Waals surface area contributed by atoms with E-state index < -0.39 is 0 Å². The first-order valence-corrected chi connectivity index (χ1v) is 8.67. The van der Waals surface area contributed by atoms with Crippen LogP contribution in [0, 0.1) is 0 Å². The number of hydrogen-bond donors (Lipinski definition) is 1. The molecular formula is C20H20ClN3O2. The number of amides is 1. The fraction of sp³-hybridized carbons (Fsp3) is 0.200. The Labute approximate surface area is 157 Å². The number of methoxy groups -OCH3 is 1. The molecule has 2 aromatic carbocycles. The molecule has 1 N–H and O–H groups in total. The van der Waals surface area contributed by atoms with Crippen LogP contribution in [0.2, 0.25) is 5.02 Å². The molecule has 0 unspecified atom stereocenters. The maximum absolute atomic E-state index is 12.7. The lowest BCUT2D eigenvalue weighted by Crippen LogP contribution is -2.31. The topological polar surface area (TPSA) is 56.1 Å². The van der Waals surface area contributed by atoms with Crippen LogP contribution in [0.4, 0.5) is 0 Å². The van der Waals surface area contributed by atoms with E-state index in [1.54, 1.807) is 23.9 Å². The third-order valence-corrected chi connectivity index (χ3v) is 4.15. The van der Waals surface area contributed by atoms with E-state index >= 15 is 0 Å². The number of para-hydroxylation sites is 1. The van der Waals surface area contributed by atoms with Crippen molar-refractivity contribution in [3.05, 3.63) is 65.3 Å². The number of hydrogen-bond acceptors (Lipinski definition) is 3. The number of carbonyl (C=O) groups is 1. The molecule has 0 aliphatic carbocycles. The number of halogens is 1. The zero-order valence-corrected chi connectivity index (χ0v) is 15.6. The van der Waals surface area contributed by atoms with Crippen molar-refractivity contribution in [1.29, 1.82) is 0 Å². The van der Waals surface area contributed by atoms with Crippen LogP contribution in [-0.2, 0) is 0 Å². The minimum Gasteiger partial charge on any atom is -0.497 e. The fourth-order valence-corrected chi connectivity index (χ4v) is 2.80. The summed E-state index contributed by atoms with van der Waals surface area (Å²) in [5.41, 5.74) is 2.65. The smallest absolute Gasteiger partial charge is 0.270 e. The van der Waals surface area contributed by atoms with Gasteiger partial charge < -0.3 is 10.1 Å². The van der Waals surface area contributed by atoms with Gasteiger partial charge in [-0.1, -0.05) is 23.7 Å². The summed E-state index contributed by atoms with van der Waals surface area (Å²) >= 11 is 6.33. The maximum atomic E-state index is 12.7. The van der Waals surface area contributed by atoms with Crippen molar-refractivity contribution in [2.24, 2.45) is 0 Å². The van der Waals surface area contributed by atoms with E-state index in [4.69, 9.17) is 16.3 Å². The van der Waals surface area contributed by atoms with E-state index in [2.05, 4.69) is 10.4 Å². The minimum atomic E-state index is -0.202. The lowest BCUT2D eigenvalue weighted by molar-refractivity contribution is 0.0935. The molecule has 1 amide bonds. The summed E-state index contributed by atoms with van der Waals surface area (Å²) in [5, 5.41) is 8.06. The molecule has 0 bridgehead atoms. The first kappa shape index (κ1) is 18.0. The summed E-state index contributed by atoms with van der Waals surface area (Å²) in [6.07, 6.45) is 0. The molecule has 0 aliphatic rings. The van der Waals surface area contributed by atoms with Crippen LogP contribution in [0.3, 0.4) is 0 Å². The first-order valence-electron chi connectivity index (χ1n) is 8.30. The second-order valence-electron chi connectivity index (χ2n) is 6.13. The average molecular weight is 370 g/mol. The van der Waals surface area contributed by atoms with Gasteiger partial charge >= 0.3 is 0 Å². The van der Waals surface area contributed by atoms with Gasteiger partial charge in [0, 0.05) is 11.6 Å². The number of nitrogens with one attached hydrogen (secondary N) is 1. The van der Waals surface area contributed by atoms with Crippen LogP contribution in [0.5, 0.6) is 5.75 Å². The largest absolute Gasteiger partial charge is 0.497 e. The number of aromatic nitrogens is 2. The molecule has 1 aromatic heterocycles. The van der Waals surface area contributed by atoms with Gasteiger partial charge in [0.2, 0.25) is 0 Å². The molecule has 0 atom stereocenters. The predicted octanol–water partition coefficient (Wildman–Crippen LogP) is 4.34. The van der Waals surface area contributed by atoms with Crippen molar-refractivity contribution >= 4 is 17.5 Å². The average Bonchev–Trinajstić information content (AvgIpc) is 3.07. The summed E-state index contributed by atoms with van der Waals surface area (Å²) < 4.78 is 6.78. The van der Waals surface area contributed by atoms with E-state index in [0.29, 0.717) is 22.1 Å². The molecular weight excluding hydrogens is 350 g/mol. The van der Waals surface area contributed by atoms with E-state index in [9.17, 15) is 4.79 Å². The zero-order chi connectivity index (χ0) is 18.7. The number of benzene rings is 2. The predicted molar refractivity (Wildman–Crippen MR) is 103 cm³/mol. The molecule has 0 spiro atoms. The van der Waals surface area contributed by atoms with Crippen LogP contribution in [0.1, 0.15) is 24.3 Å². The van der Waals surface area contributed by atoms with Gasteiger partial charge in [-0.15, -0.1) is 0 Å². The SMILES string of the molecule is COc1ccc(-c2cc(C(=O)NC(C)C)n(-c3ccccc3Cl)n2)cc1. The van der Waals surface area contributed by atoms with Crippen LogP contribution < -0.4 is 10.1 Å². The Morgan fingerprint density at radius 1 is 1.15 bits per heavy atom. The quantitative estimate of drug-likeness (QED) is 0.727. The Hall–Kier alpha value is -2.79. The Bertz CT molecular complexity index is 917. The second-order valence-corrected chi connectivity index (χ2v) is 6.54. The zero-order valence-electron chi connectivity index (χ0n) is 14.9. The highest BCUT2D eigenvalue weighted by Crippen LogP contribution is 2.26. The highest BCUT2D eigenvalue weighted by Gasteiger charge is 2.19. The second kappa shape index (κ2) is 7.62. The number of carbonyl (C=O) groups excluding carboxylic acids is 1. The minimum absolute atomic E-state index is 0.0153. The van der Waals surface area contributed by atoms with Crippen molar-refractivity contribution in [2.75, 3.05) is 7.11 Å². The van der Waals surface area contributed by atoms with Crippen molar-refractivity contribution < 1.29 is 9.53 Å². The lowest BCUT2D eigenvalue weighted by atomic mass is 10.1. The van der Waals surface area contributed by atoms with Crippen molar-refractivity contribution in [3.8, 4) is 22.7 Å². The molecule has 26 heavy (non-hydrogen) atoms. The van der Waals surface area contributed by atoms with Crippen LogP contribution in [0.25, 0.3) is 16.9 Å². The highest BCUT2D eigenvalue weighted by molar-refractivity contribution is 6.32. The van der Waals surface area contributed by atoms with Gasteiger partial charge in [-0.05, 0) is 56.3 Å². The number of nitrogens with zero attached hydrogens (tertiary/aromatic N) is 2. The molecule has 3 rings (SSSR count). The van der Waals surface area contributed by atoms with Crippen LogP contribution >= 0.6 is 11.6 Å². The molecule has 0 saturated carbocycles. The summed E-state index contributed by atoms with van der Waals surface area (Å²) in [6, 6.07) is 16.6. The van der Waals surface area contributed by atoms with Gasteiger partial charge in [-0.2, -0.15) is 5.10 Å². The number of ether oxygens (including phenoxy) is 1. The third kappa shape index (κ3) is 3.73. The third-order valence-electron chi connectivity index (χ3n) is 3.83. The van der Waals surface area contributed by atoms with Gasteiger partial charge in [-0.25, -0.2) is 4.68 Å². The molecule has 0 fully saturated rings. The Kier molecular flexibility index (Phi) is 5.28. The first-order chi connectivity index (χ1) is 12.5. The van der Waals surface area contributed by atoms with E-state index in [1.165, 1.54) is 0 Å². The molecule has 6 heteroatoms. The van der Waals surface area contributed by atoms with Crippen molar-refractivity contribution in [1.82, 2.24) is 15.1 Å². The van der Waals surface area contributed by atoms with E-state index in [0.717, 1.165) is 11.3 Å². The Morgan fingerprint density at radius 3 is 2.46 bits per heavy atom. The van der Waals surface area contributed by atoms with Crippen molar-refractivity contribution in [3.63, 3.8) is 0 Å². The monoisotopic (exact) mass is 369 g/mol.